The molecule has 3 amide bonds. The topological polar surface area (TPSA) is 98.7 Å². The standard InChI is InChI=1S/C26H24N6O3S/c1-30(20-10-6-3-7-11-20)22-17-19(16-21-23(33)29-26(35)36-21)27-25(28-22)32-14-12-31(13-15-32)24(34)18-8-4-2-5-9-18/h2-11,16-17H,12-15H2,1H3,(H,29,33,35)/b21-16-. The average molecular weight is 501 g/mol. The Kier molecular flexibility index (Phi) is 6.68. The number of rotatable bonds is 5. The maximum atomic E-state index is 12.8. The van der Waals surface area contributed by atoms with Crippen molar-refractivity contribution in [1.29, 1.82) is 0 Å². The van der Waals surface area contributed by atoms with Crippen LogP contribution >= 0.6 is 11.8 Å². The Morgan fingerprint density at radius 1 is 0.972 bits per heavy atom. The summed E-state index contributed by atoms with van der Waals surface area (Å²) in [4.78, 5) is 52.2. The van der Waals surface area contributed by atoms with Crippen LogP contribution in [0.25, 0.3) is 6.08 Å². The lowest BCUT2D eigenvalue weighted by Crippen LogP contribution is -2.49. The number of imide groups is 1. The molecule has 0 saturated carbocycles. The molecule has 0 atom stereocenters. The second-order valence-electron chi connectivity index (χ2n) is 8.34. The molecule has 0 spiro atoms. The molecule has 0 aliphatic carbocycles. The Hall–Kier alpha value is -4.18. The third kappa shape index (κ3) is 5.08. The fraction of sp³-hybridized carbons (Fsp3) is 0.192. The van der Waals surface area contributed by atoms with Crippen molar-refractivity contribution in [2.24, 2.45) is 0 Å². The zero-order valence-corrected chi connectivity index (χ0v) is 20.4. The van der Waals surface area contributed by atoms with Gasteiger partial charge < -0.3 is 14.7 Å². The van der Waals surface area contributed by atoms with E-state index in [1.54, 1.807) is 12.1 Å². The zero-order chi connectivity index (χ0) is 25.1. The van der Waals surface area contributed by atoms with E-state index in [2.05, 4.69) is 10.3 Å². The van der Waals surface area contributed by atoms with Gasteiger partial charge in [0.1, 0.15) is 5.82 Å². The monoisotopic (exact) mass is 500 g/mol. The molecule has 3 heterocycles. The Morgan fingerprint density at radius 2 is 1.64 bits per heavy atom. The van der Waals surface area contributed by atoms with Crippen molar-refractivity contribution in [2.45, 2.75) is 0 Å². The van der Waals surface area contributed by atoms with Gasteiger partial charge >= 0.3 is 0 Å². The maximum absolute atomic E-state index is 12.8. The number of carbonyl (C=O) groups excluding carboxylic acids is 3. The number of carbonyl (C=O) groups is 3. The summed E-state index contributed by atoms with van der Waals surface area (Å²) >= 11 is 0.852. The Bertz CT molecular complexity index is 1320. The summed E-state index contributed by atoms with van der Waals surface area (Å²) in [7, 11) is 1.91. The van der Waals surface area contributed by atoms with Gasteiger partial charge in [-0.1, -0.05) is 36.4 Å². The van der Waals surface area contributed by atoms with E-state index in [-0.39, 0.29) is 10.8 Å². The van der Waals surface area contributed by atoms with Gasteiger partial charge in [0.25, 0.3) is 17.1 Å². The summed E-state index contributed by atoms with van der Waals surface area (Å²) in [5.41, 5.74) is 2.14. The average Bonchev–Trinajstić information content (AvgIpc) is 3.24. The second-order valence-corrected chi connectivity index (χ2v) is 9.36. The molecule has 9 nitrogen and oxygen atoms in total. The normalized spacial score (nSPS) is 16.9. The van der Waals surface area contributed by atoms with Gasteiger partial charge in [-0.15, -0.1) is 0 Å². The minimum Gasteiger partial charge on any atom is -0.337 e. The first kappa shape index (κ1) is 23.6. The molecule has 0 unspecified atom stereocenters. The highest BCUT2D eigenvalue weighted by Gasteiger charge is 2.27. The minimum absolute atomic E-state index is 0.00749. The first-order valence-corrected chi connectivity index (χ1v) is 12.3. The fourth-order valence-electron chi connectivity index (χ4n) is 4.04. The smallest absolute Gasteiger partial charge is 0.290 e. The van der Waals surface area contributed by atoms with E-state index in [1.165, 1.54) is 0 Å². The van der Waals surface area contributed by atoms with Gasteiger partial charge in [0.15, 0.2) is 0 Å². The summed E-state index contributed by atoms with van der Waals surface area (Å²) in [5, 5.41) is 1.87. The molecule has 2 aromatic carbocycles. The second kappa shape index (κ2) is 10.2. The van der Waals surface area contributed by atoms with Crippen LogP contribution in [0.2, 0.25) is 0 Å². The molecule has 2 aliphatic heterocycles. The number of nitrogens with one attached hydrogen (secondary N) is 1. The molecule has 36 heavy (non-hydrogen) atoms. The first-order valence-electron chi connectivity index (χ1n) is 11.5. The molecular formula is C26H24N6O3S. The number of thioether (sulfide) groups is 1. The molecule has 1 N–H and O–H groups in total. The Labute approximate surface area is 212 Å². The third-order valence-corrected chi connectivity index (χ3v) is 6.81. The lowest BCUT2D eigenvalue weighted by Gasteiger charge is -2.35. The quantitative estimate of drug-likeness (QED) is 0.532. The predicted octanol–water partition coefficient (Wildman–Crippen LogP) is 3.53. The van der Waals surface area contributed by atoms with Gasteiger partial charge in [-0.25, -0.2) is 4.98 Å². The minimum atomic E-state index is -0.434. The fourth-order valence-corrected chi connectivity index (χ4v) is 4.71. The van der Waals surface area contributed by atoms with E-state index in [4.69, 9.17) is 4.98 Å². The molecule has 0 radical (unpaired) electrons. The van der Waals surface area contributed by atoms with E-state index in [0.29, 0.717) is 49.2 Å². The van der Waals surface area contributed by atoms with Crippen molar-refractivity contribution in [3.63, 3.8) is 0 Å². The number of benzene rings is 2. The number of hydrogen-bond acceptors (Lipinski definition) is 8. The number of anilines is 3. The van der Waals surface area contributed by atoms with Gasteiger partial charge in [-0.3, -0.25) is 19.7 Å². The molecule has 5 rings (SSSR count). The van der Waals surface area contributed by atoms with E-state index in [1.807, 2.05) is 82.4 Å². The number of nitrogens with zero attached hydrogens (tertiary/aromatic N) is 5. The first-order chi connectivity index (χ1) is 17.5. The van der Waals surface area contributed by atoms with Crippen molar-refractivity contribution in [1.82, 2.24) is 20.2 Å². The highest BCUT2D eigenvalue weighted by molar-refractivity contribution is 8.18. The summed E-state index contributed by atoms with van der Waals surface area (Å²) < 4.78 is 0. The summed E-state index contributed by atoms with van der Waals surface area (Å²) in [6.07, 6.45) is 1.60. The van der Waals surface area contributed by atoms with Crippen molar-refractivity contribution < 1.29 is 14.4 Å². The van der Waals surface area contributed by atoms with E-state index in [9.17, 15) is 14.4 Å². The molecule has 182 valence electrons. The number of para-hydroxylation sites is 1. The Morgan fingerprint density at radius 3 is 2.28 bits per heavy atom. The van der Waals surface area contributed by atoms with Crippen LogP contribution in [0, 0.1) is 0 Å². The van der Waals surface area contributed by atoms with Crippen molar-refractivity contribution in [2.75, 3.05) is 43.0 Å². The van der Waals surface area contributed by atoms with E-state index < -0.39 is 11.1 Å². The highest BCUT2D eigenvalue weighted by Crippen LogP contribution is 2.29. The number of aromatic nitrogens is 2. The molecule has 2 saturated heterocycles. The number of piperazine rings is 1. The van der Waals surface area contributed by atoms with Crippen LogP contribution in [0.3, 0.4) is 0 Å². The molecule has 2 aliphatic rings. The van der Waals surface area contributed by atoms with Gasteiger partial charge in [0.2, 0.25) is 5.95 Å². The Balaban J connectivity index is 1.41. The molecular weight excluding hydrogens is 476 g/mol. The number of amides is 3. The van der Waals surface area contributed by atoms with Gasteiger partial charge in [-0.05, 0) is 42.1 Å². The summed E-state index contributed by atoms with van der Waals surface area (Å²) in [6, 6.07) is 20.8. The predicted molar refractivity (Wildman–Crippen MR) is 140 cm³/mol. The lowest BCUT2D eigenvalue weighted by molar-refractivity contribution is -0.115. The maximum Gasteiger partial charge on any atom is 0.290 e. The van der Waals surface area contributed by atoms with Crippen molar-refractivity contribution in [3.8, 4) is 0 Å². The van der Waals surface area contributed by atoms with Crippen LogP contribution in [-0.2, 0) is 4.79 Å². The summed E-state index contributed by atoms with van der Waals surface area (Å²) in [5.74, 6) is 0.725. The van der Waals surface area contributed by atoms with Crippen LogP contribution in [0.1, 0.15) is 16.1 Å². The highest BCUT2D eigenvalue weighted by atomic mass is 32.2. The van der Waals surface area contributed by atoms with Crippen molar-refractivity contribution in [3.05, 3.63) is 82.9 Å². The lowest BCUT2D eigenvalue weighted by atomic mass is 10.2. The zero-order valence-electron chi connectivity index (χ0n) is 19.6. The van der Waals surface area contributed by atoms with E-state index >= 15 is 0 Å². The SMILES string of the molecule is CN(c1ccccc1)c1cc(/C=C2\SC(=O)NC2=O)nc(N2CCN(C(=O)c3ccccc3)CC2)n1. The van der Waals surface area contributed by atoms with Crippen LogP contribution in [0.4, 0.5) is 22.2 Å². The van der Waals surface area contributed by atoms with Crippen LogP contribution in [-0.4, -0.2) is 65.1 Å². The van der Waals surface area contributed by atoms with Gasteiger partial charge in [-0.2, -0.15) is 4.98 Å². The summed E-state index contributed by atoms with van der Waals surface area (Å²) in [6.45, 7) is 2.22. The van der Waals surface area contributed by atoms with E-state index in [0.717, 1.165) is 17.4 Å². The van der Waals surface area contributed by atoms with Gasteiger partial charge in [0.05, 0.1) is 10.6 Å². The largest absolute Gasteiger partial charge is 0.337 e. The molecule has 2 fully saturated rings. The van der Waals surface area contributed by atoms with Crippen LogP contribution in [0.15, 0.2) is 71.6 Å². The number of hydrogen-bond donors (Lipinski definition) is 1. The van der Waals surface area contributed by atoms with Crippen LogP contribution in [0.5, 0.6) is 0 Å². The molecule has 10 heteroatoms. The molecule has 1 aromatic heterocycles. The molecule has 0 bridgehead atoms. The van der Waals surface area contributed by atoms with Gasteiger partial charge in [0, 0.05) is 50.5 Å². The molecule has 3 aromatic rings. The third-order valence-electron chi connectivity index (χ3n) is 6.00. The van der Waals surface area contributed by atoms with Crippen LogP contribution < -0.4 is 15.1 Å². The van der Waals surface area contributed by atoms with Crippen molar-refractivity contribution >= 4 is 52.3 Å².